The van der Waals surface area contributed by atoms with Crippen molar-refractivity contribution in [2.75, 3.05) is 7.05 Å². The number of nitrogens with zero attached hydrogens (tertiary/aromatic N) is 6. The van der Waals surface area contributed by atoms with E-state index in [4.69, 9.17) is 11.6 Å². The van der Waals surface area contributed by atoms with Crippen LogP contribution >= 0.6 is 11.6 Å². The van der Waals surface area contributed by atoms with Crippen LogP contribution in [0.25, 0.3) is 22.3 Å². The molecule has 148 valence electrons. The number of halogens is 1. The molecule has 0 radical (unpaired) electrons. The standard InChI is InChI=1S/C20H20ClN7O/c1-4-28-12(2)14(10-24-28)11-27(3)20(29)18-16-7-15(21)5-6-17(16)25-19(26-18)13-8-22-23-9-13/h5-10H,4,11H2,1-3H3,(H,22,23). The van der Waals surface area contributed by atoms with E-state index in [1.165, 1.54) is 0 Å². The van der Waals surface area contributed by atoms with Gasteiger partial charge in [-0.3, -0.25) is 14.6 Å². The van der Waals surface area contributed by atoms with Crippen molar-refractivity contribution in [1.29, 1.82) is 0 Å². The Morgan fingerprint density at radius 3 is 2.79 bits per heavy atom. The van der Waals surface area contributed by atoms with Gasteiger partial charge in [-0.1, -0.05) is 11.6 Å². The Balaban J connectivity index is 1.75. The van der Waals surface area contributed by atoms with Crippen LogP contribution < -0.4 is 0 Å². The summed E-state index contributed by atoms with van der Waals surface area (Å²) < 4.78 is 1.91. The van der Waals surface area contributed by atoms with Gasteiger partial charge in [-0.25, -0.2) is 9.97 Å². The van der Waals surface area contributed by atoms with E-state index in [1.807, 2.05) is 18.5 Å². The monoisotopic (exact) mass is 409 g/mol. The second-order valence-corrected chi connectivity index (χ2v) is 7.21. The Kier molecular flexibility index (Phi) is 5.02. The summed E-state index contributed by atoms with van der Waals surface area (Å²) in [6.45, 7) is 5.25. The van der Waals surface area contributed by atoms with E-state index < -0.39 is 0 Å². The lowest BCUT2D eigenvalue weighted by atomic mass is 10.1. The van der Waals surface area contributed by atoms with Crippen LogP contribution in [0.4, 0.5) is 0 Å². The maximum atomic E-state index is 13.3. The molecule has 0 atom stereocenters. The number of H-pyrrole nitrogens is 1. The van der Waals surface area contributed by atoms with Gasteiger partial charge in [-0.2, -0.15) is 10.2 Å². The molecule has 3 aromatic heterocycles. The number of carbonyl (C=O) groups is 1. The molecule has 0 saturated heterocycles. The van der Waals surface area contributed by atoms with Gasteiger partial charge in [0, 0.05) is 48.0 Å². The molecular weight excluding hydrogens is 390 g/mol. The third-order valence-electron chi connectivity index (χ3n) is 4.88. The van der Waals surface area contributed by atoms with Gasteiger partial charge in [0.15, 0.2) is 5.82 Å². The Morgan fingerprint density at radius 1 is 1.28 bits per heavy atom. The molecule has 1 aromatic carbocycles. The van der Waals surface area contributed by atoms with E-state index >= 15 is 0 Å². The highest BCUT2D eigenvalue weighted by Gasteiger charge is 2.21. The van der Waals surface area contributed by atoms with Crippen LogP contribution in [0, 0.1) is 6.92 Å². The highest BCUT2D eigenvalue weighted by Crippen LogP contribution is 2.25. The van der Waals surface area contributed by atoms with Gasteiger partial charge in [0.2, 0.25) is 0 Å². The summed E-state index contributed by atoms with van der Waals surface area (Å²) in [6.07, 6.45) is 5.11. The molecule has 0 spiro atoms. The fourth-order valence-electron chi connectivity index (χ4n) is 3.23. The molecule has 4 aromatic rings. The van der Waals surface area contributed by atoms with Crippen LogP contribution in [0.3, 0.4) is 0 Å². The van der Waals surface area contributed by atoms with Crippen LogP contribution in [-0.2, 0) is 13.1 Å². The zero-order valence-electron chi connectivity index (χ0n) is 16.3. The minimum absolute atomic E-state index is 0.215. The second kappa shape index (κ2) is 7.63. The first kappa shape index (κ1) is 19.1. The topological polar surface area (TPSA) is 92.6 Å². The van der Waals surface area contributed by atoms with Crippen LogP contribution in [-0.4, -0.2) is 47.8 Å². The normalized spacial score (nSPS) is 11.2. The average molecular weight is 410 g/mol. The fraction of sp³-hybridized carbons (Fsp3) is 0.250. The summed E-state index contributed by atoms with van der Waals surface area (Å²) in [5.41, 5.74) is 3.69. The number of benzene rings is 1. The van der Waals surface area contributed by atoms with Crippen LogP contribution in [0.2, 0.25) is 5.02 Å². The third-order valence-corrected chi connectivity index (χ3v) is 5.11. The molecule has 0 bridgehead atoms. The van der Waals surface area contributed by atoms with Gasteiger partial charge in [-0.15, -0.1) is 0 Å². The number of aromatic nitrogens is 6. The lowest BCUT2D eigenvalue weighted by Crippen LogP contribution is -2.27. The number of hydrogen-bond donors (Lipinski definition) is 1. The number of nitrogens with one attached hydrogen (secondary N) is 1. The van der Waals surface area contributed by atoms with Crippen molar-refractivity contribution in [3.05, 3.63) is 58.8 Å². The molecule has 1 N–H and O–H groups in total. The first-order chi connectivity index (χ1) is 14.0. The minimum Gasteiger partial charge on any atom is -0.336 e. The fourth-order valence-corrected chi connectivity index (χ4v) is 3.41. The van der Waals surface area contributed by atoms with Gasteiger partial charge < -0.3 is 4.90 Å². The maximum Gasteiger partial charge on any atom is 0.273 e. The van der Waals surface area contributed by atoms with Gasteiger partial charge >= 0.3 is 0 Å². The quantitative estimate of drug-likeness (QED) is 0.544. The van der Waals surface area contributed by atoms with Gasteiger partial charge in [0.1, 0.15) is 5.69 Å². The predicted octanol–water partition coefficient (Wildman–Crippen LogP) is 3.47. The number of amides is 1. The lowest BCUT2D eigenvalue weighted by Gasteiger charge is -2.18. The number of fused-ring (bicyclic) bond motifs is 1. The van der Waals surface area contributed by atoms with Crippen molar-refractivity contribution in [3.8, 4) is 11.4 Å². The van der Waals surface area contributed by atoms with Crippen LogP contribution in [0.5, 0.6) is 0 Å². The number of aromatic amines is 1. The molecule has 9 heteroatoms. The molecule has 3 heterocycles. The van der Waals surface area contributed by atoms with E-state index in [0.717, 1.165) is 17.8 Å². The molecule has 8 nitrogen and oxygen atoms in total. The summed E-state index contributed by atoms with van der Waals surface area (Å²) >= 11 is 6.18. The summed E-state index contributed by atoms with van der Waals surface area (Å²) in [7, 11) is 1.75. The van der Waals surface area contributed by atoms with E-state index in [-0.39, 0.29) is 5.91 Å². The minimum atomic E-state index is -0.215. The average Bonchev–Trinajstić information content (AvgIpc) is 3.37. The molecular formula is C20H20ClN7O. The molecule has 0 aliphatic heterocycles. The Morgan fingerprint density at radius 2 is 2.10 bits per heavy atom. The summed E-state index contributed by atoms with van der Waals surface area (Å²) in [6, 6.07) is 5.25. The van der Waals surface area contributed by atoms with E-state index in [0.29, 0.717) is 39.6 Å². The first-order valence-corrected chi connectivity index (χ1v) is 9.59. The van der Waals surface area contributed by atoms with Crippen molar-refractivity contribution in [3.63, 3.8) is 0 Å². The summed E-state index contributed by atoms with van der Waals surface area (Å²) in [5, 5.41) is 12.2. The largest absolute Gasteiger partial charge is 0.336 e. The highest BCUT2D eigenvalue weighted by atomic mass is 35.5. The van der Waals surface area contributed by atoms with Crippen molar-refractivity contribution in [2.45, 2.75) is 26.9 Å². The Bertz CT molecular complexity index is 1180. The molecule has 0 aliphatic rings. The highest BCUT2D eigenvalue weighted by molar-refractivity contribution is 6.31. The second-order valence-electron chi connectivity index (χ2n) is 6.78. The zero-order valence-corrected chi connectivity index (χ0v) is 17.1. The van der Waals surface area contributed by atoms with Crippen molar-refractivity contribution in [1.82, 2.24) is 34.8 Å². The third kappa shape index (κ3) is 3.58. The summed E-state index contributed by atoms with van der Waals surface area (Å²) in [4.78, 5) is 24.1. The predicted molar refractivity (Wildman–Crippen MR) is 111 cm³/mol. The van der Waals surface area contributed by atoms with Crippen LogP contribution in [0.15, 0.2) is 36.8 Å². The molecule has 4 rings (SSSR count). The number of rotatable bonds is 5. The van der Waals surface area contributed by atoms with Gasteiger partial charge in [0.25, 0.3) is 5.91 Å². The maximum absolute atomic E-state index is 13.3. The first-order valence-electron chi connectivity index (χ1n) is 9.21. The van der Waals surface area contributed by atoms with E-state index in [2.05, 4.69) is 25.3 Å². The Hall–Kier alpha value is -3.26. The van der Waals surface area contributed by atoms with E-state index in [1.54, 1.807) is 48.7 Å². The molecule has 1 amide bonds. The van der Waals surface area contributed by atoms with Gasteiger partial charge in [-0.05, 0) is 32.0 Å². The number of carbonyl (C=O) groups excluding carboxylic acids is 1. The lowest BCUT2D eigenvalue weighted by molar-refractivity contribution is 0.0781. The van der Waals surface area contributed by atoms with Crippen molar-refractivity contribution in [2.24, 2.45) is 0 Å². The number of hydrogen-bond acceptors (Lipinski definition) is 5. The van der Waals surface area contributed by atoms with E-state index in [9.17, 15) is 4.79 Å². The number of aryl methyl sites for hydroxylation is 1. The molecule has 0 aliphatic carbocycles. The smallest absolute Gasteiger partial charge is 0.273 e. The molecule has 0 fully saturated rings. The zero-order chi connectivity index (χ0) is 20.5. The van der Waals surface area contributed by atoms with Crippen molar-refractivity contribution >= 4 is 28.4 Å². The molecule has 0 unspecified atom stereocenters. The Labute approximate surface area is 172 Å². The molecule has 0 saturated carbocycles. The summed E-state index contributed by atoms with van der Waals surface area (Å²) in [5.74, 6) is 0.216. The van der Waals surface area contributed by atoms with Gasteiger partial charge in [0.05, 0.1) is 23.5 Å². The SMILES string of the molecule is CCn1ncc(CN(C)C(=O)c2nc(-c3cn[nH]c3)nc3ccc(Cl)cc23)c1C. The van der Waals surface area contributed by atoms with Crippen LogP contribution in [0.1, 0.15) is 28.7 Å². The van der Waals surface area contributed by atoms with Crippen molar-refractivity contribution < 1.29 is 4.79 Å². The molecule has 29 heavy (non-hydrogen) atoms.